The summed E-state index contributed by atoms with van der Waals surface area (Å²) in [4.78, 5) is 11.8. The molecule has 1 atom stereocenters. The van der Waals surface area contributed by atoms with Crippen molar-refractivity contribution in [3.05, 3.63) is 32.7 Å². The van der Waals surface area contributed by atoms with Crippen LogP contribution in [0, 0.1) is 0 Å². The highest BCUT2D eigenvalue weighted by Crippen LogP contribution is 2.24. The Hall–Kier alpha value is -0.610. The van der Waals surface area contributed by atoms with E-state index in [0.29, 0.717) is 11.1 Å². The number of hydrogen-bond acceptors (Lipinski definition) is 2. The van der Waals surface area contributed by atoms with Gasteiger partial charge in [0.1, 0.15) is 0 Å². The monoisotopic (exact) mass is 257 g/mol. The van der Waals surface area contributed by atoms with Crippen LogP contribution in [-0.4, -0.2) is 18.3 Å². The summed E-state index contributed by atoms with van der Waals surface area (Å²) in [5.74, 6) is 0. The molecule has 0 bridgehead atoms. The molecule has 0 saturated heterocycles. The smallest absolute Gasteiger partial charge is 0.265 e. The van der Waals surface area contributed by atoms with Crippen molar-refractivity contribution in [2.75, 3.05) is 13.7 Å². The van der Waals surface area contributed by atoms with Crippen molar-refractivity contribution in [1.29, 1.82) is 0 Å². The number of hydrogen-bond donors (Lipinski definition) is 0. The van der Waals surface area contributed by atoms with Crippen molar-refractivity contribution in [3.8, 4) is 0 Å². The topological polar surface area (TPSA) is 31.2 Å². The van der Waals surface area contributed by atoms with Crippen LogP contribution in [0.15, 0.2) is 21.4 Å². The van der Waals surface area contributed by atoms with Crippen LogP contribution in [0.3, 0.4) is 0 Å². The lowest BCUT2D eigenvalue weighted by atomic mass is 10.2. The van der Waals surface area contributed by atoms with Crippen LogP contribution in [0.2, 0.25) is 0 Å². The van der Waals surface area contributed by atoms with Gasteiger partial charge in [0.25, 0.3) is 5.56 Å². The Kier molecular flexibility index (Phi) is 2.74. The highest BCUT2D eigenvalue weighted by molar-refractivity contribution is 9.10. The Bertz CT molecular complexity index is 398. The number of ether oxygens (including phenoxy) is 1. The first kappa shape index (κ1) is 9.93. The first-order valence-corrected chi connectivity index (χ1v) is 5.42. The lowest BCUT2D eigenvalue weighted by Gasteiger charge is -2.13. The Morgan fingerprint density at radius 2 is 2.43 bits per heavy atom. The molecule has 2 heterocycles. The van der Waals surface area contributed by atoms with Gasteiger partial charge in [-0.25, -0.2) is 0 Å². The minimum Gasteiger partial charge on any atom is -0.383 e. The highest BCUT2D eigenvalue weighted by Gasteiger charge is 2.23. The van der Waals surface area contributed by atoms with Crippen LogP contribution in [0.4, 0.5) is 0 Å². The summed E-state index contributed by atoms with van der Waals surface area (Å²) in [6.45, 7) is 0.614. The number of fused-ring (bicyclic) bond motifs is 1. The third-order valence-corrected chi connectivity index (χ3v) is 3.22. The van der Waals surface area contributed by atoms with E-state index in [1.165, 1.54) is 0 Å². The van der Waals surface area contributed by atoms with E-state index >= 15 is 0 Å². The molecule has 1 unspecified atom stereocenters. The highest BCUT2D eigenvalue weighted by atomic mass is 79.9. The number of rotatable bonds is 2. The van der Waals surface area contributed by atoms with Gasteiger partial charge in [0.05, 0.1) is 17.1 Å². The number of halogens is 1. The molecular weight excluding hydrogens is 246 g/mol. The van der Waals surface area contributed by atoms with Gasteiger partial charge in [-0.05, 0) is 40.9 Å². The second-order valence-electron chi connectivity index (χ2n) is 3.50. The van der Waals surface area contributed by atoms with Gasteiger partial charge in [0.15, 0.2) is 0 Å². The quantitative estimate of drug-likeness (QED) is 0.809. The number of nitrogens with zero attached hydrogens (tertiary/aromatic N) is 1. The fraction of sp³-hybridized carbons (Fsp3) is 0.500. The van der Waals surface area contributed by atoms with Crippen LogP contribution < -0.4 is 5.56 Å². The van der Waals surface area contributed by atoms with Gasteiger partial charge in [-0.3, -0.25) is 4.79 Å². The SMILES string of the molecule is COCC1CCc2ccc(Br)c(=O)n21. The minimum atomic E-state index is 0.0575. The van der Waals surface area contributed by atoms with E-state index in [2.05, 4.69) is 15.9 Å². The van der Waals surface area contributed by atoms with Crippen LogP contribution in [0.1, 0.15) is 18.2 Å². The summed E-state index contributed by atoms with van der Waals surface area (Å²) >= 11 is 3.25. The van der Waals surface area contributed by atoms with Gasteiger partial charge in [-0.15, -0.1) is 0 Å². The van der Waals surface area contributed by atoms with E-state index in [1.807, 2.05) is 16.7 Å². The molecule has 2 rings (SSSR count). The van der Waals surface area contributed by atoms with Crippen molar-refractivity contribution in [2.24, 2.45) is 0 Å². The van der Waals surface area contributed by atoms with Gasteiger partial charge < -0.3 is 9.30 Å². The van der Waals surface area contributed by atoms with E-state index in [1.54, 1.807) is 7.11 Å². The Balaban J connectivity index is 2.47. The molecule has 1 aromatic rings. The average Bonchev–Trinajstić information content (AvgIpc) is 2.57. The zero-order valence-corrected chi connectivity index (χ0v) is 9.58. The van der Waals surface area contributed by atoms with Crippen LogP contribution in [0.5, 0.6) is 0 Å². The molecule has 1 aliphatic heterocycles. The van der Waals surface area contributed by atoms with E-state index in [0.717, 1.165) is 18.5 Å². The molecule has 3 nitrogen and oxygen atoms in total. The van der Waals surface area contributed by atoms with E-state index < -0.39 is 0 Å². The molecule has 1 aromatic heterocycles. The maximum Gasteiger partial charge on any atom is 0.265 e. The molecule has 0 spiro atoms. The minimum absolute atomic E-state index is 0.0575. The molecule has 0 radical (unpaired) electrons. The maximum atomic E-state index is 11.8. The van der Waals surface area contributed by atoms with E-state index in [-0.39, 0.29) is 11.6 Å². The third-order valence-electron chi connectivity index (χ3n) is 2.61. The molecule has 14 heavy (non-hydrogen) atoms. The van der Waals surface area contributed by atoms with Gasteiger partial charge in [0.2, 0.25) is 0 Å². The van der Waals surface area contributed by atoms with Gasteiger partial charge in [-0.2, -0.15) is 0 Å². The largest absolute Gasteiger partial charge is 0.383 e. The second kappa shape index (κ2) is 3.87. The molecule has 1 aliphatic rings. The Morgan fingerprint density at radius 1 is 1.64 bits per heavy atom. The summed E-state index contributed by atoms with van der Waals surface area (Å²) in [6.07, 6.45) is 1.97. The molecule has 0 N–H and O–H groups in total. The van der Waals surface area contributed by atoms with Crippen LogP contribution in [-0.2, 0) is 11.2 Å². The summed E-state index contributed by atoms with van der Waals surface area (Å²) in [6, 6.07) is 4.03. The van der Waals surface area contributed by atoms with Gasteiger partial charge >= 0.3 is 0 Å². The first-order valence-electron chi connectivity index (χ1n) is 4.63. The number of aromatic nitrogens is 1. The van der Waals surface area contributed by atoms with Crippen molar-refractivity contribution < 1.29 is 4.74 Å². The Labute approximate surface area is 90.8 Å². The predicted molar refractivity (Wildman–Crippen MR) is 57.6 cm³/mol. The molecule has 0 aliphatic carbocycles. The fourth-order valence-corrected chi connectivity index (χ4v) is 2.29. The first-order chi connectivity index (χ1) is 6.74. The third kappa shape index (κ3) is 1.53. The summed E-state index contributed by atoms with van der Waals surface area (Å²) < 4.78 is 7.57. The normalized spacial score (nSPS) is 19.7. The van der Waals surface area contributed by atoms with E-state index in [4.69, 9.17) is 4.74 Å². The number of aryl methyl sites for hydroxylation is 1. The molecule has 0 aromatic carbocycles. The molecular formula is C10H12BrNO2. The predicted octanol–water partition coefficient (Wildman–Crippen LogP) is 1.74. The van der Waals surface area contributed by atoms with Crippen molar-refractivity contribution >= 4 is 15.9 Å². The number of pyridine rings is 1. The molecule has 0 saturated carbocycles. The average molecular weight is 258 g/mol. The molecule has 0 fully saturated rings. The second-order valence-corrected chi connectivity index (χ2v) is 4.35. The maximum absolute atomic E-state index is 11.8. The van der Waals surface area contributed by atoms with Crippen LogP contribution in [0.25, 0.3) is 0 Å². The van der Waals surface area contributed by atoms with Crippen molar-refractivity contribution in [3.63, 3.8) is 0 Å². The molecule has 4 heteroatoms. The van der Waals surface area contributed by atoms with Crippen molar-refractivity contribution in [1.82, 2.24) is 4.57 Å². The summed E-state index contributed by atoms with van der Waals surface area (Å²) in [5.41, 5.74) is 1.17. The summed E-state index contributed by atoms with van der Waals surface area (Å²) in [7, 11) is 1.67. The van der Waals surface area contributed by atoms with Gasteiger partial charge in [0, 0.05) is 12.8 Å². The molecule has 76 valence electrons. The lowest BCUT2D eigenvalue weighted by Crippen LogP contribution is -2.25. The lowest BCUT2D eigenvalue weighted by molar-refractivity contribution is 0.157. The summed E-state index contributed by atoms with van der Waals surface area (Å²) in [5, 5.41) is 0. The van der Waals surface area contributed by atoms with E-state index in [9.17, 15) is 4.79 Å². The zero-order chi connectivity index (χ0) is 10.1. The number of methoxy groups -OCH3 is 1. The van der Waals surface area contributed by atoms with Crippen LogP contribution >= 0.6 is 15.9 Å². The van der Waals surface area contributed by atoms with Crippen molar-refractivity contribution in [2.45, 2.75) is 18.9 Å². The zero-order valence-electron chi connectivity index (χ0n) is 8.00. The Morgan fingerprint density at radius 3 is 3.14 bits per heavy atom. The standard InChI is InChI=1S/C10H12BrNO2/c1-14-6-8-3-2-7-4-5-9(11)10(13)12(7)8/h4-5,8H,2-3,6H2,1H3. The fourth-order valence-electron chi connectivity index (χ4n) is 1.96. The molecule has 0 amide bonds. The van der Waals surface area contributed by atoms with Gasteiger partial charge in [-0.1, -0.05) is 0 Å².